The number of methoxy groups -OCH3 is 1. The molecule has 0 aliphatic heterocycles. The molecule has 0 aliphatic carbocycles. The van der Waals surface area contributed by atoms with Crippen LogP contribution in [0.5, 0.6) is 5.19 Å². The van der Waals surface area contributed by atoms with Gasteiger partial charge in [0.15, 0.2) is 4.34 Å². The van der Waals surface area contributed by atoms with Gasteiger partial charge in [-0.1, -0.05) is 29.0 Å². The Hall–Kier alpha value is -2.13. The fourth-order valence-corrected chi connectivity index (χ4v) is 3.63. The van der Waals surface area contributed by atoms with Crippen molar-refractivity contribution in [2.75, 3.05) is 24.8 Å². The molecule has 1 aromatic heterocycles. The Balaban J connectivity index is 2.01. The quantitative estimate of drug-likeness (QED) is 0.539. The van der Waals surface area contributed by atoms with E-state index in [4.69, 9.17) is 9.47 Å². The van der Waals surface area contributed by atoms with Crippen molar-refractivity contribution in [1.29, 1.82) is 0 Å². The average Bonchev–Trinajstić information content (AvgIpc) is 3.04. The van der Waals surface area contributed by atoms with Crippen LogP contribution in [0.3, 0.4) is 0 Å². The number of rotatable bonds is 7. The number of hydrogen-bond acceptors (Lipinski definition) is 8. The minimum absolute atomic E-state index is 0.0217. The summed E-state index contributed by atoms with van der Waals surface area (Å²) in [6.07, 6.45) is 0.0217. The Kier molecular flexibility index (Phi) is 6.77. The SMILES string of the molecule is COC(=O)c1ccccc1N(C)C(=O)CSc1nnc(OC(C)C)s1. The van der Waals surface area contributed by atoms with E-state index >= 15 is 0 Å². The van der Waals surface area contributed by atoms with Crippen LogP contribution in [0, 0.1) is 0 Å². The Morgan fingerprint density at radius 2 is 2.00 bits per heavy atom. The highest BCUT2D eigenvalue weighted by atomic mass is 32.2. The number of aromatic nitrogens is 2. The van der Waals surface area contributed by atoms with Crippen molar-refractivity contribution in [3.63, 3.8) is 0 Å². The third-order valence-corrected chi connectivity index (χ3v) is 5.02. The largest absolute Gasteiger partial charge is 0.466 e. The highest BCUT2D eigenvalue weighted by Gasteiger charge is 2.19. The van der Waals surface area contributed by atoms with Gasteiger partial charge in [-0.25, -0.2) is 4.79 Å². The molecule has 2 rings (SSSR count). The average molecular weight is 381 g/mol. The Morgan fingerprint density at radius 1 is 1.28 bits per heavy atom. The number of benzene rings is 1. The lowest BCUT2D eigenvalue weighted by molar-refractivity contribution is -0.115. The van der Waals surface area contributed by atoms with E-state index in [1.54, 1.807) is 31.3 Å². The Morgan fingerprint density at radius 3 is 2.68 bits per heavy atom. The maximum atomic E-state index is 12.4. The van der Waals surface area contributed by atoms with Crippen LogP contribution in [0.1, 0.15) is 24.2 Å². The van der Waals surface area contributed by atoms with Crippen LogP contribution in [0.2, 0.25) is 0 Å². The number of carbonyl (C=O) groups is 2. The molecule has 0 aliphatic rings. The molecule has 1 amide bonds. The normalized spacial score (nSPS) is 10.6. The van der Waals surface area contributed by atoms with Gasteiger partial charge in [0, 0.05) is 7.05 Å². The summed E-state index contributed by atoms with van der Waals surface area (Å²) in [6.45, 7) is 3.82. The number of nitrogens with zero attached hydrogens (tertiary/aromatic N) is 3. The molecule has 25 heavy (non-hydrogen) atoms. The van der Waals surface area contributed by atoms with Gasteiger partial charge in [0.1, 0.15) is 0 Å². The molecular weight excluding hydrogens is 362 g/mol. The maximum Gasteiger partial charge on any atom is 0.339 e. The smallest absolute Gasteiger partial charge is 0.339 e. The number of ether oxygens (including phenoxy) is 2. The van der Waals surface area contributed by atoms with Gasteiger partial charge in [-0.3, -0.25) is 4.79 Å². The highest BCUT2D eigenvalue weighted by Crippen LogP contribution is 2.28. The second kappa shape index (κ2) is 8.82. The number of para-hydroxylation sites is 1. The van der Waals surface area contributed by atoms with Crippen LogP contribution >= 0.6 is 23.1 Å². The summed E-state index contributed by atoms with van der Waals surface area (Å²) in [5.41, 5.74) is 0.843. The topological polar surface area (TPSA) is 81.6 Å². The van der Waals surface area contributed by atoms with Crippen LogP contribution in [0.25, 0.3) is 0 Å². The zero-order chi connectivity index (χ0) is 18.4. The van der Waals surface area contributed by atoms with Gasteiger partial charge in [0.2, 0.25) is 5.91 Å². The van der Waals surface area contributed by atoms with E-state index in [-0.39, 0.29) is 17.8 Å². The molecule has 134 valence electrons. The van der Waals surface area contributed by atoms with E-state index in [2.05, 4.69) is 10.2 Å². The Labute approximate surface area is 154 Å². The second-order valence-electron chi connectivity index (χ2n) is 5.25. The zero-order valence-corrected chi connectivity index (χ0v) is 16.0. The number of amides is 1. The molecule has 1 aromatic carbocycles. The first kappa shape index (κ1) is 19.2. The molecule has 0 saturated carbocycles. The molecule has 7 nitrogen and oxygen atoms in total. The number of anilines is 1. The van der Waals surface area contributed by atoms with E-state index in [9.17, 15) is 9.59 Å². The fraction of sp³-hybridized carbons (Fsp3) is 0.375. The summed E-state index contributed by atoms with van der Waals surface area (Å²) in [5.74, 6) is -0.479. The number of carbonyl (C=O) groups excluding carboxylic acids is 2. The summed E-state index contributed by atoms with van der Waals surface area (Å²) >= 11 is 2.57. The van der Waals surface area contributed by atoms with E-state index in [0.29, 0.717) is 20.8 Å². The molecule has 0 N–H and O–H groups in total. The molecule has 0 unspecified atom stereocenters. The van der Waals surface area contributed by atoms with E-state index in [1.807, 2.05) is 13.8 Å². The minimum atomic E-state index is -0.484. The van der Waals surface area contributed by atoms with E-state index in [1.165, 1.54) is 35.1 Å². The molecule has 0 bridgehead atoms. The van der Waals surface area contributed by atoms with Crippen LogP contribution < -0.4 is 9.64 Å². The summed E-state index contributed by atoms with van der Waals surface area (Å²) in [5, 5.41) is 8.40. The monoisotopic (exact) mass is 381 g/mol. The van der Waals surface area contributed by atoms with Crippen LogP contribution in [-0.4, -0.2) is 48.1 Å². The molecule has 0 saturated heterocycles. The first-order valence-corrected chi connectivity index (χ1v) is 9.29. The van der Waals surface area contributed by atoms with Gasteiger partial charge in [-0.15, -0.1) is 5.10 Å². The lowest BCUT2D eigenvalue weighted by Crippen LogP contribution is -2.29. The molecular formula is C16H19N3O4S2. The summed E-state index contributed by atoms with van der Waals surface area (Å²) < 4.78 is 10.9. The standard InChI is InChI=1S/C16H19N3O4S2/c1-10(2)23-15-17-18-16(25-15)24-9-13(20)19(3)12-8-6-5-7-11(12)14(21)22-4/h5-8,10H,9H2,1-4H3. The van der Waals surface area contributed by atoms with Crippen molar-refractivity contribution in [3.8, 4) is 5.19 Å². The van der Waals surface area contributed by atoms with Gasteiger partial charge >= 0.3 is 5.97 Å². The zero-order valence-electron chi connectivity index (χ0n) is 14.4. The van der Waals surface area contributed by atoms with E-state index in [0.717, 1.165) is 0 Å². The molecule has 0 fully saturated rings. The summed E-state index contributed by atoms with van der Waals surface area (Å²) in [6, 6.07) is 6.81. The van der Waals surface area contributed by atoms with Crippen molar-refractivity contribution in [3.05, 3.63) is 29.8 Å². The van der Waals surface area contributed by atoms with Crippen molar-refractivity contribution in [1.82, 2.24) is 10.2 Å². The molecule has 0 spiro atoms. The van der Waals surface area contributed by atoms with E-state index < -0.39 is 5.97 Å². The molecule has 2 aromatic rings. The first-order chi connectivity index (χ1) is 11.9. The van der Waals surface area contributed by atoms with Gasteiger partial charge in [0.05, 0.1) is 30.2 Å². The van der Waals surface area contributed by atoms with Gasteiger partial charge in [0.25, 0.3) is 5.19 Å². The minimum Gasteiger partial charge on any atom is -0.466 e. The van der Waals surface area contributed by atoms with Crippen molar-refractivity contribution >= 4 is 40.7 Å². The van der Waals surface area contributed by atoms with Gasteiger partial charge in [-0.05, 0) is 37.3 Å². The van der Waals surface area contributed by atoms with Crippen molar-refractivity contribution in [2.24, 2.45) is 0 Å². The predicted octanol–water partition coefficient (Wildman–Crippen LogP) is 2.87. The third-order valence-electron chi connectivity index (χ3n) is 3.09. The number of esters is 1. The van der Waals surface area contributed by atoms with Crippen molar-refractivity contribution in [2.45, 2.75) is 24.3 Å². The number of hydrogen-bond donors (Lipinski definition) is 0. The summed E-state index contributed by atoms with van der Waals surface area (Å²) in [7, 11) is 2.93. The Bertz CT molecular complexity index is 748. The molecule has 9 heteroatoms. The highest BCUT2D eigenvalue weighted by molar-refractivity contribution is 8.01. The van der Waals surface area contributed by atoms with Crippen molar-refractivity contribution < 1.29 is 19.1 Å². The van der Waals surface area contributed by atoms with Crippen LogP contribution in [0.4, 0.5) is 5.69 Å². The van der Waals surface area contributed by atoms with Gasteiger partial charge < -0.3 is 14.4 Å². The molecule has 0 atom stereocenters. The lowest BCUT2D eigenvalue weighted by atomic mass is 10.1. The maximum absolute atomic E-state index is 12.4. The molecule has 0 radical (unpaired) electrons. The van der Waals surface area contributed by atoms with Crippen LogP contribution in [0.15, 0.2) is 28.6 Å². The summed E-state index contributed by atoms with van der Waals surface area (Å²) in [4.78, 5) is 25.7. The number of thioether (sulfide) groups is 1. The van der Waals surface area contributed by atoms with Crippen LogP contribution in [-0.2, 0) is 9.53 Å². The molecule has 1 heterocycles. The lowest BCUT2D eigenvalue weighted by Gasteiger charge is -2.19. The third kappa shape index (κ3) is 5.17. The fourth-order valence-electron chi connectivity index (χ4n) is 1.91. The second-order valence-corrected chi connectivity index (χ2v) is 7.41. The predicted molar refractivity (Wildman–Crippen MR) is 97.6 cm³/mol. The first-order valence-electron chi connectivity index (χ1n) is 7.49. The van der Waals surface area contributed by atoms with Gasteiger partial charge in [-0.2, -0.15) is 0 Å².